The number of nitrogens with zero attached hydrogens (tertiary/aromatic N) is 3. The molecule has 82 valence electrons. The number of halogens is 1. The second-order valence-electron chi connectivity index (χ2n) is 3.16. The lowest BCUT2D eigenvalue weighted by Gasteiger charge is -2.01. The molecule has 0 atom stereocenters. The summed E-state index contributed by atoms with van der Waals surface area (Å²) in [4.78, 5) is 11.7. The SMILES string of the molecule is O=C(O)c1cnn(Cc2ccccc2F)n1. The number of carbonyl (C=O) groups is 1. The first-order valence-corrected chi connectivity index (χ1v) is 4.53. The van der Waals surface area contributed by atoms with Crippen molar-refractivity contribution in [3.63, 3.8) is 0 Å². The van der Waals surface area contributed by atoms with E-state index in [9.17, 15) is 9.18 Å². The van der Waals surface area contributed by atoms with Crippen LogP contribution in [-0.4, -0.2) is 26.1 Å². The Labute approximate surface area is 90.1 Å². The van der Waals surface area contributed by atoms with Crippen molar-refractivity contribution < 1.29 is 14.3 Å². The van der Waals surface area contributed by atoms with Gasteiger partial charge >= 0.3 is 5.97 Å². The summed E-state index contributed by atoms with van der Waals surface area (Å²) in [5.41, 5.74) is 0.256. The van der Waals surface area contributed by atoms with Gasteiger partial charge in [0, 0.05) is 5.56 Å². The van der Waals surface area contributed by atoms with Crippen molar-refractivity contribution >= 4 is 5.97 Å². The van der Waals surface area contributed by atoms with Gasteiger partial charge in [0.2, 0.25) is 0 Å². The predicted molar refractivity (Wildman–Crippen MR) is 52.5 cm³/mol. The number of carboxylic acids is 1. The van der Waals surface area contributed by atoms with Crippen molar-refractivity contribution in [2.24, 2.45) is 0 Å². The zero-order valence-corrected chi connectivity index (χ0v) is 8.17. The molecule has 0 spiro atoms. The van der Waals surface area contributed by atoms with Crippen LogP contribution in [0.5, 0.6) is 0 Å². The second kappa shape index (κ2) is 4.09. The number of benzene rings is 1. The molecule has 2 aromatic rings. The molecule has 0 amide bonds. The Morgan fingerprint density at radius 1 is 1.44 bits per heavy atom. The lowest BCUT2D eigenvalue weighted by Crippen LogP contribution is -2.07. The van der Waals surface area contributed by atoms with Gasteiger partial charge in [0.05, 0.1) is 12.7 Å². The van der Waals surface area contributed by atoms with Gasteiger partial charge in [0.25, 0.3) is 0 Å². The zero-order valence-electron chi connectivity index (χ0n) is 8.17. The summed E-state index contributed by atoms with van der Waals surface area (Å²) >= 11 is 0. The van der Waals surface area contributed by atoms with Crippen molar-refractivity contribution in [2.75, 3.05) is 0 Å². The van der Waals surface area contributed by atoms with E-state index >= 15 is 0 Å². The number of aromatic nitrogens is 3. The summed E-state index contributed by atoms with van der Waals surface area (Å²) in [6, 6.07) is 6.20. The highest BCUT2D eigenvalue weighted by molar-refractivity contribution is 5.84. The maximum atomic E-state index is 13.3. The van der Waals surface area contributed by atoms with Crippen LogP contribution in [0.4, 0.5) is 4.39 Å². The number of carboxylic acid groups (broad SMARTS) is 1. The third-order valence-corrected chi connectivity index (χ3v) is 2.03. The van der Waals surface area contributed by atoms with E-state index in [0.29, 0.717) is 5.56 Å². The van der Waals surface area contributed by atoms with E-state index in [4.69, 9.17) is 5.11 Å². The molecule has 2 rings (SSSR count). The van der Waals surface area contributed by atoms with Crippen molar-refractivity contribution in [1.82, 2.24) is 15.0 Å². The van der Waals surface area contributed by atoms with Crippen molar-refractivity contribution in [3.05, 3.63) is 47.5 Å². The molecule has 1 N–H and O–H groups in total. The van der Waals surface area contributed by atoms with Gasteiger partial charge in [-0.3, -0.25) is 0 Å². The summed E-state index contributed by atoms with van der Waals surface area (Å²) in [5, 5.41) is 16.0. The lowest BCUT2D eigenvalue weighted by atomic mass is 10.2. The molecule has 0 radical (unpaired) electrons. The normalized spacial score (nSPS) is 10.3. The van der Waals surface area contributed by atoms with Gasteiger partial charge in [0.1, 0.15) is 5.82 Å². The molecule has 1 heterocycles. The number of rotatable bonds is 3. The molecular formula is C10H8FN3O2. The molecule has 1 aromatic carbocycles. The molecule has 0 fully saturated rings. The Morgan fingerprint density at radius 2 is 2.19 bits per heavy atom. The molecule has 0 aliphatic carbocycles. The van der Waals surface area contributed by atoms with E-state index < -0.39 is 5.97 Å². The van der Waals surface area contributed by atoms with Crippen LogP contribution in [0.15, 0.2) is 30.5 Å². The molecule has 0 saturated heterocycles. The van der Waals surface area contributed by atoms with Crippen LogP contribution in [-0.2, 0) is 6.54 Å². The quantitative estimate of drug-likeness (QED) is 0.844. The monoisotopic (exact) mass is 221 g/mol. The van der Waals surface area contributed by atoms with Gasteiger partial charge in [-0.2, -0.15) is 9.90 Å². The Balaban J connectivity index is 2.21. The van der Waals surface area contributed by atoms with E-state index in [1.807, 2.05) is 0 Å². The molecule has 0 bridgehead atoms. The van der Waals surface area contributed by atoms with Crippen molar-refractivity contribution in [3.8, 4) is 0 Å². The van der Waals surface area contributed by atoms with E-state index in [2.05, 4.69) is 10.2 Å². The first-order valence-electron chi connectivity index (χ1n) is 4.53. The third-order valence-electron chi connectivity index (χ3n) is 2.03. The van der Waals surface area contributed by atoms with Crippen LogP contribution in [0.25, 0.3) is 0 Å². The summed E-state index contributed by atoms with van der Waals surface area (Å²) in [7, 11) is 0. The van der Waals surface area contributed by atoms with Crippen LogP contribution in [0.1, 0.15) is 16.1 Å². The molecule has 6 heteroatoms. The first kappa shape index (κ1) is 10.3. The topological polar surface area (TPSA) is 68.0 Å². The fourth-order valence-electron chi connectivity index (χ4n) is 1.25. The average Bonchev–Trinajstić information content (AvgIpc) is 2.70. The number of hydrogen-bond acceptors (Lipinski definition) is 3. The van der Waals surface area contributed by atoms with Crippen LogP contribution >= 0.6 is 0 Å². The largest absolute Gasteiger partial charge is 0.476 e. The van der Waals surface area contributed by atoms with E-state index in [0.717, 1.165) is 11.0 Å². The minimum absolute atomic E-state index is 0.111. The van der Waals surface area contributed by atoms with Crippen LogP contribution in [0, 0.1) is 5.82 Å². The van der Waals surface area contributed by atoms with Crippen LogP contribution in [0.3, 0.4) is 0 Å². The summed E-state index contributed by atoms with van der Waals surface area (Å²) in [6.07, 6.45) is 1.13. The molecule has 0 unspecified atom stereocenters. The molecule has 0 saturated carbocycles. The summed E-state index contributed by atoms with van der Waals surface area (Å²) in [5.74, 6) is -1.52. The second-order valence-corrected chi connectivity index (χ2v) is 3.16. The average molecular weight is 221 g/mol. The molecule has 5 nitrogen and oxygen atoms in total. The van der Waals surface area contributed by atoms with Crippen molar-refractivity contribution in [2.45, 2.75) is 6.54 Å². The highest BCUT2D eigenvalue weighted by Crippen LogP contribution is 2.07. The van der Waals surface area contributed by atoms with Crippen molar-refractivity contribution in [1.29, 1.82) is 0 Å². The van der Waals surface area contributed by atoms with Gasteiger partial charge < -0.3 is 5.11 Å². The summed E-state index contributed by atoms with van der Waals surface area (Å²) < 4.78 is 13.3. The number of aromatic carboxylic acids is 1. The van der Waals surface area contributed by atoms with Gasteiger partial charge in [-0.15, -0.1) is 5.10 Å². The number of hydrogen-bond donors (Lipinski definition) is 1. The maximum Gasteiger partial charge on any atom is 0.358 e. The molecule has 16 heavy (non-hydrogen) atoms. The fourth-order valence-corrected chi connectivity index (χ4v) is 1.25. The third kappa shape index (κ3) is 2.05. The first-order chi connectivity index (χ1) is 7.66. The highest BCUT2D eigenvalue weighted by Gasteiger charge is 2.09. The summed E-state index contributed by atoms with van der Waals surface area (Å²) in [6.45, 7) is 0.111. The van der Waals surface area contributed by atoms with Crippen LogP contribution < -0.4 is 0 Å². The van der Waals surface area contributed by atoms with Gasteiger partial charge in [0.15, 0.2) is 5.69 Å². The lowest BCUT2D eigenvalue weighted by molar-refractivity contribution is 0.0689. The Bertz CT molecular complexity index is 524. The molecule has 0 aliphatic rings. The van der Waals surface area contributed by atoms with E-state index in [1.165, 1.54) is 6.07 Å². The van der Waals surface area contributed by atoms with Crippen LogP contribution in [0.2, 0.25) is 0 Å². The zero-order chi connectivity index (χ0) is 11.5. The standard InChI is InChI=1S/C10H8FN3O2/c11-8-4-2-1-3-7(8)6-14-12-5-9(13-14)10(15)16/h1-5H,6H2,(H,15,16). The minimum Gasteiger partial charge on any atom is -0.476 e. The highest BCUT2D eigenvalue weighted by atomic mass is 19.1. The molecule has 1 aromatic heterocycles. The Morgan fingerprint density at radius 3 is 2.81 bits per heavy atom. The Hall–Kier alpha value is -2.24. The van der Waals surface area contributed by atoms with Gasteiger partial charge in [-0.05, 0) is 6.07 Å². The van der Waals surface area contributed by atoms with E-state index in [1.54, 1.807) is 18.2 Å². The Kier molecular flexibility index (Phi) is 2.63. The smallest absolute Gasteiger partial charge is 0.358 e. The predicted octanol–water partition coefficient (Wildman–Crippen LogP) is 1.16. The van der Waals surface area contributed by atoms with Gasteiger partial charge in [-0.1, -0.05) is 18.2 Å². The maximum absolute atomic E-state index is 13.3. The van der Waals surface area contributed by atoms with Gasteiger partial charge in [-0.25, -0.2) is 9.18 Å². The molecular weight excluding hydrogens is 213 g/mol. The fraction of sp³-hybridized carbons (Fsp3) is 0.100. The van der Waals surface area contributed by atoms with E-state index in [-0.39, 0.29) is 18.1 Å². The minimum atomic E-state index is -1.15. The molecule has 0 aliphatic heterocycles.